The van der Waals surface area contributed by atoms with Crippen molar-refractivity contribution in [2.75, 3.05) is 13.7 Å². The van der Waals surface area contributed by atoms with E-state index in [1.165, 1.54) is 18.4 Å². The van der Waals surface area contributed by atoms with Gasteiger partial charge in [0.1, 0.15) is 0 Å². The van der Waals surface area contributed by atoms with Crippen molar-refractivity contribution >= 4 is 11.6 Å². The summed E-state index contributed by atoms with van der Waals surface area (Å²) in [6.07, 6.45) is 4.99. The van der Waals surface area contributed by atoms with Gasteiger partial charge in [-0.3, -0.25) is 0 Å². The normalized spacial score (nSPS) is 21.6. The highest BCUT2D eigenvalue weighted by atomic mass is 35.5. The highest BCUT2D eigenvalue weighted by Gasteiger charge is 2.19. The van der Waals surface area contributed by atoms with Gasteiger partial charge in [0, 0.05) is 17.7 Å². The highest BCUT2D eigenvalue weighted by Crippen LogP contribution is 2.19. The molecule has 1 aliphatic rings. The minimum absolute atomic E-state index is 0.444. The van der Waals surface area contributed by atoms with E-state index in [1.807, 2.05) is 19.2 Å². The van der Waals surface area contributed by atoms with Crippen LogP contribution in [0.25, 0.3) is 0 Å². The lowest BCUT2D eigenvalue weighted by Gasteiger charge is -2.19. The molecule has 0 aromatic heterocycles. The van der Waals surface area contributed by atoms with Gasteiger partial charge in [0.2, 0.25) is 0 Å². The van der Waals surface area contributed by atoms with E-state index >= 15 is 0 Å². The molecule has 0 amide bonds. The molecule has 2 atom stereocenters. The summed E-state index contributed by atoms with van der Waals surface area (Å²) >= 11 is 5.88. The molecule has 1 saturated heterocycles. The van der Waals surface area contributed by atoms with E-state index in [2.05, 4.69) is 17.4 Å². The first-order chi connectivity index (χ1) is 8.28. The Kier molecular flexibility index (Phi) is 4.84. The summed E-state index contributed by atoms with van der Waals surface area (Å²) in [5, 5.41) is 4.18. The monoisotopic (exact) mass is 253 g/mol. The third-order valence-electron chi connectivity index (χ3n) is 3.38. The zero-order valence-corrected chi connectivity index (χ0v) is 11.0. The summed E-state index contributed by atoms with van der Waals surface area (Å²) in [6.45, 7) is 0.933. The molecule has 1 N–H and O–H groups in total. The minimum atomic E-state index is 0.444. The van der Waals surface area contributed by atoms with Gasteiger partial charge in [-0.2, -0.15) is 0 Å². The number of nitrogens with one attached hydrogen (secondary N) is 1. The van der Waals surface area contributed by atoms with Crippen LogP contribution in [-0.2, 0) is 11.2 Å². The zero-order chi connectivity index (χ0) is 12.1. The Morgan fingerprint density at radius 1 is 1.41 bits per heavy atom. The van der Waals surface area contributed by atoms with E-state index in [1.54, 1.807) is 0 Å². The SMILES string of the molecule is CNC(Cc1ccc(Cl)cc1)CC1CCCO1. The van der Waals surface area contributed by atoms with Gasteiger partial charge in [0.05, 0.1) is 6.10 Å². The molecule has 2 rings (SSSR count). The Morgan fingerprint density at radius 2 is 2.18 bits per heavy atom. The molecule has 94 valence electrons. The molecule has 2 unspecified atom stereocenters. The molecule has 3 heteroatoms. The number of ether oxygens (including phenoxy) is 1. The fourth-order valence-corrected chi connectivity index (χ4v) is 2.48. The van der Waals surface area contributed by atoms with Gasteiger partial charge in [-0.15, -0.1) is 0 Å². The predicted octanol–water partition coefficient (Wildman–Crippen LogP) is 3.04. The van der Waals surface area contributed by atoms with Gasteiger partial charge >= 0.3 is 0 Å². The Labute approximate surface area is 108 Å². The van der Waals surface area contributed by atoms with Crippen molar-refractivity contribution in [2.45, 2.75) is 37.8 Å². The lowest BCUT2D eigenvalue weighted by atomic mass is 9.99. The number of halogens is 1. The molecule has 1 aromatic rings. The minimum Gasteiger partial charge on any atom is -0.378 e. The standard InChI is InChI=1S/C14H20ClNO/c1-16-13(10-14-3-2-8-17-14)9-11-4-6-12(15)7-5-11/h4-7,13-14,16H,2-3,8-10H2,1H3. The number of hydrogen-bond donors (Lipinski definition) is 1. The van der Waals surface area contributed by atoms with E-state index < -0.39 is 0 Å². The summed E-state index contributed by atoms with van der Waals surface area (Å²) in [5.74, 6) is 0. The van der Waals surface area contributed by atoms with Crippen molar-refractivity contribution in [1.82, 2.24) is 5.32 Å². The number of likely N-dealkylation sites (N-methyl/N-ethyl adjacent to an activating group) is 1. The molecule has 0 aliphatic carbocycles. The van der Waals surface area contributed by atoms with Crippen LogP contribution >= 0.6 is 11.6 Å². The van der Waals surface area contributed by atoms with Crippen LogP contribution in [0.15, 0.2) is 24.3 Å². The van der Waals surface area contributed by atoms with Crippen LogP contribution in [-0.4, -0.2) is 25.8 Å². The summed E-state index contributed by atoms with van der Waals surface area (Å²) in [6, 6.07) is 8.59. The van der Waals surface area contributed by atoms with Crippen molar-refractivity contribution < 1.29 is 4.74 Å². The van der Waals surface area contributed by atoms with Gasteiger partial charge in [-0.05, 0) is 50.4 Å². The van der Waals surface area contributed by atoms with E-state index in [0.717, 1.165) is 24.5 Å². The molecule has 2 nitrogen and oxygen atoms in total. The molecule has 1 aliphatic heterocycles. The Bertz CT molecular complexity index is 333. The Balaban J connectivity index is 1.87. The van der Waals surface area contributed by atoms with Crippen LogP contribution < -0.4 is 5.32 Å². The van der Waals surface area contributed by atoms with Crippen LogP contribution in [0.2, 0.25) is 5.02 Å². The van der Waals surface area contributed by atoms with Gasteiger partial charge in [0.15, 0.2) is 0 Å². The Hall–Kier alpha value is -0.570. The first kappa shape index (κ1) is 12.9. The van der Waals surface area contributed by atoms with Crippen LogP contribution in [0.1, 0.15) is 24.8 Å². The molecular weight excluding hydrogens is 234 g/mol. The number of hydrogen-bond acceptors (Lipinski definition) is 2. The fourth-order valence-electron chi connectivity index (χ4n) is 2.36. The lowest BCUT2D eigenvalue weighted by Crippen LogP contribution is -2.31. The third-order valence-corrected chi connectivity index (χ3v) is 3.63. The molecule has 0 saturated carbocycles. The van der Waals surface area contributed by atoms with Crippen molar-refractivity contribution in [1.29, 1.82) is 0 Å². The second-order valence-electron chi connectivity index (χ2n) is 4.69. The Morgan fingerprint density at radius 3 is 2.76 bits per heavy atom. The molecule has 1 aromatic carbocycles. The topological polar surface area (TPSA) is 21.3 Å². The molecule has 0 spiro atoms. The average molecular weight is 254 g/mol. The van der Waals surface area contributed by atoms with Gasteiger partial charge in [-0.25, -0.2) is 0 Å². The molecule has 1 fully saturated rings. The average Bonchev–Trinajstić information content (AvgIpc) is 2.84. The van der Waals surface area contributed by atoms with Gasteiger partial charge < -0.3 is 10.1 Å². The summed E-state index contributed by atoms with van der Waals surface area (Å²) < 4.78 is 5.68. The predicted molar refractivity (Wildman–Crippen MR) is 71.6 cm³/mol. The third kappa shape index (κ3) is 3.98. The van der Waals surface area contributed by atoms with E-state index in [4.69, 9.17) is 16.3 Å². The summed E-state index contributed by atoms with van der Waals surface area (Å²) in [5.41, 5.74) is 1.33. The maximum Gasteiger partial charge on any atom is 0.0590 e. The second-order valence-corrected chi connectivity index (χ2v) is 5.12. The van der Waals surface area contributed by atoms with Gasteiger partial charge in [-0.1, -0.05) is 23.7 Å². The van der Waals surface area contributed by atoms with Crippen molar-refractivity contribution in [2.24, 2.45) is 0 Å². The number of rotatable bonds is 5. The summed E-state index contributed by atoms with van der Waals surface area (Å²) in [7, 11) is 2.02. The van der Waals surface area contributed by atoms with E-state index in [0.29, 0.717) is 12.1 Å². The largest absolute Gasteiger partial charge is 0.378 e. The lowest BCUT2D eigenvalue weighted by molar-refractivity contribution is 0.0954. The van der Waals surface area contributed by atoms with Crippen molar-refractivity contribution in [3.05, 3.63) is 34.9 Å². The molecular formula is C14H20ClNO. The summed E-state index contributed by atoms with van der Waals surface area (Å²) in [4.78, 5) is 0. The van der Waals surface area contributed by atoms with Crippen LogP contribution in [0.3, 0.4) is 0 Å². The smallest absolute Gasteiger partial charge is 0.0590 e. The molecule has 1 heterocycles. The van der Waals surface area contributed by atoms with Crippen molar-refractivity contribution in [3.63, 3.8) is 0 Å². The fraction of sp³-hybridized carbons (Fsp3) is 0.571. The van der Waals surface area contributed by atoms with Crippen molar-refractivity contribution in [3.8, 4) is 0 Å². The van der Waals surface area contributed by atoms with Gasteiger partial charge in [0.25, 0.3) is 0 Å². The molecule has 17 heavy (non-hydrogen) atoms. The number of benzene rings is 1. The van der Waals surface area contributed by atoms with E-state index in [-0.39, 0.29) is 0 Å². The second kappa shape index (κ2) is 6.39. The first-order valence-electron chi connectivity index (χ1n) is 6.31. The molecule has 0 radical (unpaired) electrons. The molecule has 0 bridgehead atoms. The zero-order valence-electron chi connectivity index (χ0n) is 10.3. The highest BCUT2D eigenvalue weighted by molar-refractivity contribution is 6.30. The van der Waals surface area contributed by atoms with Crippen LogP contribution in [0.4, 0.5) is 0 Å². The van der Waals surface area contributed by atoms with Crippen LogP contribution in [0.5, 0.6) is 0 Å². The van der Waals surface area contributed by atoms with Crippen LogP contribution in [0, 0.1) is 0 Å². The quantitative estimate of drug-likeness (QED) is 0.871. The van der Waals surface area contributed by atoms with E-state index in [9.17, 15) is 0 Å². The first-order valence-corrected chi connectivity index (χ1v) is 6.69. The maximum atomic E-state index is 5.88. The maximum absolute atomic E-state index is 5.88.